The summed E-state index contributed by atoms with van der Waals surface area (Å²) in [7, 11) is 3.96. The maximum atomic E-state index is 11.7. The summed E-state index contributed by atoms with van der Waals surface area (Å²) in [6.45, 7) is 3.33. The molecule has 3 heterocycles. The molecule has 5 rings (SSSR count). The number of amides is 1. The Morgan fingerprint density at radius 2 is 1.89 bits per heavy atom. The number of carbonyl (C=O) groups is 1. The van der Waals surface area contributed by atoms with E-state index < -0.39 is 0 Å². The fraction of sp³-hybridized carbons (Fsp3) is 0.192. The number of pyridine rings is 1. The monoisotopic (exact) mass is 482 g/mol. The van der Waals surface area contributed by atoms with Gasteiger partial charge in [-0.25, -0.2) is 19.5 Å². The van der Waals surface area contributed by atoms with Crippen LogP contribution in [0.4, 0.5) is 17.2 Å². The third kappa shape index (κ3) is 4.93. The van der Waals surface area contributed by atoms with Gasteiger partial charge in [-0.2, -0.15) is 5.10 Å². The summed E-state index contributed by atoms with van der Waals surface area (Å²) in [5.74, 6) is 2.08. The molecule has 0 saturated heterocycles. The van der Waals surface area contributed by atoms with E-state index in [9.17, 15) is 4.79 Å². The van der Waals surface area contributed by atoms with Crippen molar-refractivity contribution >= 4 is 40.2 Å². The van der Waals surface area contributed by atoms with Crippen LogP contribution in [0.5, 0.6) is 11.5 Å². The van der Waals surface area contributed by atoms with Crippen molar-refractivity contribution in [3.63, 3.8) is 0 Å². The molecule has 0 radical (unpaired) electrons. The second-order valence-electron chi connectivity index (χ2n) is 8.66. The van der Waals surface area contributed by atoms with Crippen molar-refractivity contribution in [2.75, 3.05) is 37.4 Å². The minimum absolute atomic E-state index is 0.586. The van der Waals surface area contributed by atoms with Gasteiger partial charge in [0.25, 0.3) is 0 Å². The highest BCUT2D eigenvalue weighted by atomic mass is 16.5. The van der Waals surface area contributed by atoms with Crippen LogP contribution >= 0.6 is 0 Å². The quantitative estimate of drug-likeness (QED) is 0.314. The lowest BCUT2D eigenvalue weighted by Crippen LogP contribution is -2.30. The molecule has 0 aliphatic rings. The average molecular weight is 483 g/mol. The fourth-order valence-corrected chi connectivity index (χ4v) is 3.84. The Kier molecular flexibility index (Phi) is 6.42. The summed E-state index contributed by atoms with van der Waals surface area (Å²) >= 11 is 0. The Morgan fingerprint density at radius 3 is 2.69 bits per heavy atom. The number of likely N-dealkylation sites (N-methyl/N-ethyl adjacent to an activating group) is 1. The standard InChI is InChI=1S/C26H26N8O2/c1-18-12-19(4-7-24(18)36-21-8-9-34-25(14-21)28-16-30-34)31-26-22-13-20(5-6-23(22)27-15-29-26)33(17-35)11-10-32(2)3/h4-9,12-17H,10-11H2,1-3H3,(H,27,29,31). The fourth-order valence-electron chi connectivity index (χ4n) is 3.84. The number of nitrogens with zero attached hydrogens (tertiary/aromatic N) is 7. The average Bonchev–Trinajstić information content (AvgIpc) is 3.34. The van der Waals surface area contributed by atoms with Crippen LogP contribution < -0.4 is 15.0 Å². The number of ether oxygens (including phenoxy) is 1. The summed E-state index contributed by atoms with van der Waals surface area (Å²) in [6, 6.07) is 15.3. The van der Waals surface area contributed by atoms with Crippen molar-refractivity contribution in [3.05, 3.63) is 72.9 Å². The third-order valence-electron chi connectivity index (χ3n) is 5.78. The Hall–Kier alpha value is -4.57. The van der Waals surface area contributed by atoms with Crippen LogP contribution in [0.15, 0.2) is 67.4 Å². The Morgan fingerprint density at radius 1 is 1.00 bits per heavy atom. The summed E-state index contributed by atoms with van der Waals surface area (Å²) < 4.78 is 7.76. The second kappa shape index (κ2) is 9.96. The minimum atomic E-state index is 0.586. The predicted molar refractivity (Wildman–Crippen MR) is 139 cm³/mol. The molecule has 5 aromatic rings. The molecule has 3 aromatic heterocycles. The second-order valence-corrected chi connectivity index (χ2v) is 8.66. The molecule has 10 nitrogen and oxygen atoms in total. The van der Waals surface area contributed by atoms with Gasteiger partial charge >= 0.3 is 0 Å². The van der Waals surface area contributed by atoms with Gasteiger partial charge in [-0.3, -0.25) is 4.79 Å². The highest BCUT2D eigenvalue weighted by Gasteiger charge is 2.11. The highest BCUT2D eigenvalue weighted by molar-refractivity contribution is 5.94. The summed E-state index contributed by atoms with van der Waals surface area (Å²) in [6.07, 6.45) is 5.69. The largest absolute Gasteiger partial charge is 0.457 e. The van der Waals surface area contributed by atoms with Crippen LogP contribution in [0.1, 0.15) is 5.56 Å². The topological polar surface area (TPSA) is 101 Å². The van der Waals surface area contributed by atoms with Gasteiger partial charge in [0, 0.05) is 42.1 Å². The van der Waals surface area contributed by atoms with Gasteiger partial charge in [0.1, 0.15) is 30.0 Å². The normalized spacial score (nSPS) is 11.2. The summed E-state index contributed by atoms with van der Waals surface area (Å²) in [5.41, 5.74) is 4.11. The zero-order valence-electron chi connectivity index (χ0n) is 20.3. The van der Waals surface area contributed by atoms with E-state index in [2.05, 4.69) is 25.4 Å². The van der Waals surface area contributed by atoms with Gasteiger partial charge in [0.15, 0.2) is 5.65 Å². The lowest BCUT2D eigenvalue weighted by Gasteiger charge is -2.20. The molecule has 1 N–H and O–H groups in total. The zero-order chi connectivity index (χ0) is 25.1. The Labute approximate surface area is 208 Å². The molecule has 0 aliphatic heterocycles. The summed E-state index contributed by atoms with van der Waals surface area (Å²) in [4.78, 5) is 28.5. The minimum Gasteiger partial charge on any atom is -0.457 e. The van der Waals surface area contributed by atoms with Crippen molar-refractivity contribution in [2.45, 2.75) is 6.92 Å². The molecule has 0 unspecified atom stereocenters. The van der Waals surface area contributed by atoms with E-state index in [-0.39, 0.29) is 0 Å². The van der Waals surface area contributed by atoms with E-state index in [1.165, 1.54) is 12.7 Å². The molecule has 0 fully saturated rings. The first-order valence-electron chi connectivity index (χ1n) is 11.5. The van der Waals surface area contributed by atoms with Crippen LogP contribution in [0.2, 0.25) is 0 Å². The van der Waals surface area contributed by atoms with Crippen molar-refractivity contribution in [2.24, 2.45) is 0 Å². The van der Waals surface area contributed by atoms with Gasteiger partial charge in [-0.1, -0.05) is 0 Å². The Balaban J connectivity index is 1.38. The number of fused-ring (bicyclic) bond motifs is 2. The van der Waals surface area contributed by atoms with Gasteiger partial charge in [-0.05, 0) is 69.0 Å². The number of aryl methyl sites for hydroxylation is 1. The van der Waals surface area contributed by atoms with E-state index in [0.29, 0.717) is 23.8 Å². The number of hydrogen-bond acceptors (Lipinski definition) is 8. The van der Waals surface area contributed by atoms with Gasteiger partial charge in [-0.15, -0.1) is 0 Å². The van der Waals surface area contributed by atoms with Crippen molar-refractivity contribution in [1.82, 2.24) is 29.5 Å². The predicted octanol–water partition coefficient (Wildman–Crippen LogP) is 4.04. The van der Waals surface area contributed by atoms with E-state index in [1.54, 1.807) is 9.42 Å². The van der Waals surface area contributed by atoms with Gasteiger partial charge < -0.3 is 19.9 Å². The number of nitrogens with one attached hydrogen (secondary N) is 1. The SMILES string of the molecule is Cc1cc(Nc2ncnc3ccc(N(C=O)CCN(C)C)cc23)ccc1Oc1ccn2ncnc2c1. The molecular weight excluding hydrogens is 456 g/mol. The molecule has 0 aliphatic carbocycles. The van der Waals surface area contributed by atoms with E-state index in [1.807, 2.05) is 80.6 Å². The molecule has 2 aromatic carbocycles. The van der Waals surface area contributed by atoms with Crippen molar-refractivity contribution in [3.8, 4) is 11.5 Å². The Bertz CT molecular complexity index is 1530. The highest BCUT2D eigenvalue weighted by Crippen LogP contribution is 2.31. The van der Waals surface area contributed by atoms with Crippen LogP contribution in [0, 0.1) is 6.92 Å². The number of carbonyl (C=O) groups excluding carboxylic acids is 1. The number of hydrogen-bond donors (Lipinski definition) is 1. The number of aromatic nitrogens is 5. The van der Waals surface area contributed by atoms with Crippen molar-refractivity contribution in [1.29, 1.82) is 0 Å². The molecule has 0 bridgehead atoms. The first-order chi connectivity index (χ1) is 17.5. The number of rotatable bonds is 9. The number of anilines is 3. The molecule has 0 spiro atoms. The van der Waals surface area contributed by atoms with Crippen molar-refractivity contribution < 1.29 is 9.53 Å². The molecule has 0 atom stereocenters. The van der Waals surface area contributed by atoms with Crippen LogP contribution in [-0.2, 0) is 4.79 Å². The van der Waals surface area contributed by atoms with Crippen LogP contribution in [0.25, 0.3) is 16.6 Å². The lowest BCUT2D eigenvalue weighted by molar-refractivity contribution is -0.107. The molecule has 1 amide bonds. The van der Waals surface area contributed by atoms with E-state index >= 15 is 0 Å². The summed E-state index contributed by atoms with van der Waals surface area (Å²) in [5, 5.41) is 8.32. The first kappa shape index (κ1) is 23.2. The lowest BCUT2D eigenvalue weighted by atomic mass is 10.1. The zero-order valence-corrected chi connectivity index (χ0v) is 20.3. The first-order valence-corrected chi connectivity index (χ1v) is 11.5. The molecule has 10 heteroatoms. The maximum absolute atomic E-state index is 11.7. The van der Waals surface area contributed by atoms with Gasteiger partial charge in [0.05, 0.1) is 5.52 Å². The smallest absolute Gasteiger partial charge is 0.214 e. The van der Waals surface area contributed by atoms with Crippen LogP contribution in [0.3, 0.4) is 0 Å². The van der Waals surface area contributed by atoms with E-state index in [4.69, 9.17) is 4.74 Å². The van der Waals surface area contributed by atoms with Gasteiger partial charge in [0.2, 0.25) is 6.41 Å². The molecule has 36 heavy (non-hydrogen) atoms. The number of benzene rings is 2. The van der Waals surface area contributed by atoms with Crippen LogP contribution in [-0.4, -0.2) is 63.1 Å². The maximum Gasteiger partial charge on any atom is 0.214 e. The molecule has 182 valence electrons. The molecule has 0 saturated carbocycles. The van der Waals surface area contributed by atoms with E-state index in [0.717, 1.165) is 46.5 Å². The molecular formula is C26H26N8O2. The third-order valence-corrected chi connectivity index (χ3v) is 5.78.